The van der Waals surface area contributed by atoms with E-state index in [1.807, 2.05) is 13.8 Å². The molecule has 74 valence electrons. The summed E-state index contributed by atoms with van der Waals surface area (Å²) < 4.78 is 5.18. The van der Waals surface area contributed by atoms with Crippen LogP contribution in [-0.2, 0) is 4.74 Å². The van der Waals surface area contributed by atoms with Gasteiger partial charge in [-0.2, -0.15) is 0 Å². The number of aliphatic hydroxyl groups is 1. The molecule has 0 amide bonds. The minimum Gasteiger partial charge on any atom is -0.378 e. The lowest BCUT2D eigenvalue weighted by Gasteiger charge is -2.19. The number of hydrogen-bond donors (Lipinski definition) is 1. The van der Waals surface area contributed by atoms with Gasteiger partial charge in [0, 0.05) is 13.5 Å². The summed E-state index contributed by atoms with van der Waals surface area (Å²) in [7, 11) is 1.65. The highest BCUT2D eigenvalue weighted by atomic mass is 16.5. The van der Waals surface area contributed by atoms with E-state index in [2.05, 4.69) is 18.4 Å². The average molecular weight is 182 g/mol. The zero-order chi connectivity index (χ0) is 10.5. The maximum Gasteiger partial charge on any atom is 0.141 e. The van der Waals surface area contributed by atoms with E-state index in [-0.39, 0.29) is 5.60 Å². The van der Waals surface area contributed by atoms with E-state index in [4.69, 9.17) is 4.74 Å². The van der Waals surface area contributed by atoms with E-state index in [9.17, 15) is 5.11 Å². The number of ether oxygens (including phenoxy) is 1. The number of rotatable bonds is 3. The highest BCUT2D eigenvalue weighted by Gasteiger charge is 2.15. The maximum absolute atomic E-state index is 9.46. The molecule has 0 aromatic rings. The number of hydrogen-bond acceptors (Lipinski definition) is 2. The molecule has 2 heteroatoms. The second-order valence-electron chi connectivity index (χ2n) is 3.79. The van der Waals surface area contributed by atoms with Crippen molar-refractivity contribution < 1.29 is 9.84 Å². The van der Waals surface area contributed by atoms with Gasteiger partial charge < -0.3 is 9.84 Å². The van der Waals surface area contributed by atoms with Crippen molar-refractivity contribution >= 4 is 0 Å². The third-order valence-electron chi connectivity index (χ3n) is 1.81. The first-order chi connectivity index (χ1) is 5.83. The second-order valence-corrected chi connectivity index (χ2v) is 3.79. The van der Waals surface area contributed by atoms with Crippen LogP contribution in [0.1, 0.15) is 27.2 Å². The standard InChI is InChI=1S/C11H18O2/c1-6-11(4,12)9-7-8-10(2,3)13-5/h6,12H,1,8H2,2-5H3. The van der Waals surface area contributed by atoms with E-state index in [1.54, 1.807) is 14.0 Å². The Morgan fingerprint density at radius 2 is 2.00 bits per heavy atom. The lowest BCUT2D eigenvalue weighted by molar-refractivity contribution is 0.0272. The Kier molecular flexibility index (Phi) is 4.19. The molecule has 0 aliphatic rings. The molecule has 0 fully saturated rings. The molecule has 0 heterocycles. The van der Waals surface area contributed by atoms with Crippen molar-refractivity contribution in [1.29, 1.82) is 0 Å². The van der Waals surface area contributed by atoms with Crippen LogP contribution in [0.15, 0.2) is 12.7 Å². The molecule has 1 unspecified atom stereocenters. The second kappa shape index (κ2) is 4.45. The van der Waals surface area contributed by atoms with Gasteiger partial charge >= 0.3 is 0 Å². The zero-order valence-corrected chi connectivity index (χ0v) is 8.85. The summed E-state index contributed by atoms with van der Waals surface area (Å²) in [6, 6.07) is 0. The topological polar surface area (TPSA) is 29.5 Å². The Hall–Kier alpha value is -0.780. The first kappa shape index (κ1) is 12.2. The molecule has 0 saturated carbocycles. The summed E-state index contributed by atoms with van der Waals surface area (Å²) in [5.41, 5.74) is -1.35. The third kappa shape index (κ3) is 5.46. The third-order valence-corrected chi connectivity index (χ3v) is 1.81. The van der Waals surface area contributed by atoms with Crippen LogP contribution in [0.5, 0.6) is 0 Å². The highest BCUT2D eigenvalue weighted by molar-refractivity contribution is 5.19. The monoisotopic (exact) mass is 182 g/mol. The van der Waals surface area contributed by atoms with Crippen LogP contribution in [-0.4, -0.2) is 23.4 Å². The Bertz CT molecular complexity index is 228. The lowest BCUT2D eigenvalue weighted by Crippen LogP contribution is -2.22. The largest absolute Gasteiger partial charge is 0.378 e. The van der Waals surface area contributed by atoms with Crippen molar-refractivity contribution in [3.63, 3.8) is 0 Å². The van der Waals surface area contributed by atoms with E-state index in [1.165, 1.54) is 6.08 Å². The molecule has 1 atom stereocenters. The van der Waals surface area contributed by atoms with Crippen molar-refractivity contribution in [3.8, 4) is 11.8 Å². The summed E-state index contributed by atoms with van der Waals surface area (Å²) in [5, 5.41) is 9.46. The summed E-state index contributed by atoms with van der Waals surface area (Å²) >= 11 is 0. The molecule has 0 saturated heterocycles. The van der Waals surface area contributed by atoms with E-state index < -0.39 is 5.60 Å². The Morgan fingerprint density at radius 1 is 1.46 bits per heavy atom. The molecule has 2 nitrogen and oxygen atoms in total. The predicted molar refractivity (Wildman–Crippen MR) is 54.3 cm³/mol. The zero-order valence-electron chi connectivity index (χ0n) is 8.85. The van der Waals surface area contributed by atoms with Crippen LogP contribution in [0, 0.1) is 11.8 Å². The minimum absolute atomic E-state index is 0.260. The Balaban J connectivity index is 4.22. The Morgan fingerprint density at radius 3 is 2.38 bits per heavy atom. The van der Waals surface area contributed by atoms with Gasteiger partial charge in [0.15, 0.2) is 0 Å². The predicted octanol–water partition coefficient (Wildman–Crippen LogP) is 1.74. The van der Waals surface area contributed by atoms with Crippen LogP contribution in [0.3, 0.4) is 0 Å². The number of methoxy groups -OCH3 is 1. The average Bonchev–Trinajstić information content (AvgIpc) is 2.04. The first-order valence-corrected chi connectivity index (χ1v) is 4.24. The van der Waals surface area contributed by atoms with Gasteiger partial charge in [0.05, 0.1) is 5.60 Å². The molecule has 0 radical (unpaired) electrons. The fourth-order valence-electron chi connectivity index (χ4n) is 0.559. The van der Waals surface area contributed by atoms with Crippen LogP contribution in [0.2, 0.25) is 0 Å². The van der Waals surface area contributed by atoms with E-state index in [0.29, 0.717) is 6.42 Å². The van der Waals surface area contributed by atoms with Gasteiger partial charge in [0.25, 0.3) is 0 Å². The van der Waals surface area contributed by atoms with Gasteiger partial charge in [-0.3, -0.25) is 0 Å². The molecule has 13 heavy (non-hydrogen) atoms. The van der Waals surface area contributed by atoms with Crippen LogP contribution < -0.4 is 0 Å². The van der Waals surface area contributed by atoms with Crippen LogP contribution >= 0.6 is 0 Å². The van der Waals surface area contributed by atoms with Gasteiger partial charge in [0.2, 0.25) is 0 Å². The molecular weight excluding hydrogens is 164 g/mol. The van der Waals surface area contributed by atoms with Crippen LogP contribution in [0.25, 0.3) is 0 Å². The smallest absolute Gasteiger partial charge is 0.141 e. The maximum atomic E-state index is 9.46. The van der Waals surface area contributed by atoms with E-state index >= 15 is 0 Å². The van der Waals surface area contributed by atoms with Gasteiger partial charge in [-0.15, -0.1) is 0 Å². The van der Waals surface area contributed by atoms with Crippen molar-refractivity contribution in [2.45, 2.75) is 38.4 Å². The molecule has 0 bridgehead atoms. The SMILES string of the molecule is C=CC(C)(O)C#CCC(C)(C)OC. The summed E-state index contributed by atoms with van der Waals surface area (Å²) in [6.45, 7) is 8.99. The molecular formula is C11H18O2. The van der Waals surface area contributed by atoms with Crippen molar-refractivity contribution in [3.05, 3.63) is 12.7 Å². The van der Waals surface area contributed by atoms with Gasteiger partial charge in [-0.1, -0.05) is 18.4 Å². The molecule has 0 aliphatic heterocycles. The first-order valence-electron chi connectivity index (χ1n) is 4.24. The normalized spacial score (nSPS) is 15.5. The van der Waals surface area contributed by atoms with Crippen molar-refractivity contribution in [2.24, 2.45) is 0 Å². The summed E-state index contributed by atoms with van der Waals surface area (Å²) in [6.07, 6.45) is 2.01. The minimum atomic E-state index is -1.09. The van der Waals surface area contributed by atoms with Gasteiger partial charge in [0.1, 0.15) is 5.60 Å². The molecule has 0 rings (SSSR count). The van der Waals surface area contributed by atoms with Crippen molar-refractivity contribution in [2.75, 3.05) is 7.11 Å². The Labute approximate surface area is 80.6 Å². The van der Waals surface area contributed by atoms with Crippen molar-refractivity contribution in [1.82, 2.24) is 0 Å². The molecule has 1 N–H and O–H groups in total. The quantitative estimate of drug-likeness (QED) is 0.532. The van der Waals surface area contributed by atoms with Crippen LogP contribution in [0.4, 0.5) is 0 Å². The fourth-order valence-corrected chi connectivity index (χ4v) is 0.559. The highest BCUT2D eigenvalue weighted by Crippen LogP contribution is 2.12. The van der Waals surface area contributed by atoms with E-state index in [0.717, 1.165) is 0 Å². The molecule has 0 spiro atoms. The molecule has 0 aliphatic carbocycles. The summed E-state index contributed by atoms with van der Waals surface area (Å²) in [5.74, 6) is 5.58. The lowest BCUT2D eigenvalue weighted by atomic mass is 10.0. The molecule has 0 aromatic carbocycles. The van der Waals surface area contributed by atoms with Gasteiger partial charge in [-0.25, -0.2) is 0 Å². The molecule has 0 aromatic heterocycles. The fraction of sp³-hybridized carbons (Fsp3) is 0.636. The summed E-state index contributed by atoms with van der Waals surface area (Å²) in [4.78, 5) is 0. The van der Waals surface area contributed by atoms with Gasteiger partial charge in [-0.05, 0) is 26.8 Å².